The number of H-pyrrole nitrogens is 1. The third-order valence-electron chi connectivity index (χ3n) is 3.52. The fraction of sp³-hybridized carbons (Fsp3) is 0.636. The molecule has 0 aromatic carbocycles. The van der Waals surface area contributed by atoms with E-state index in [4.69, 9.17) is 4.74 Å². The molecular weight excluding hydrogens is 242 g/mol. The highest BCUT2D eigenvalue weighted by Crippen LogP contribution is 2.38. The van der Waals surface area contributed by atoms with Gasteiger partial charge in [0.2, 0.25) is 0 Å². The van der Waals surface area contributed by atoms with E-state index in [0.29, 0.717) is 0 Å². The van der Waals surface area contributed by atoms with Crippen LogP contribution in [0, 0.1) is 0 Å². The van der Waals surface area contributed by atoms with E-state index in [-0.39, 0.29) is 5.69 Å². The number of aliphatic hydroxyl groups excluding tert-OH is 4. The lowest BCUT2D eigenvalue weighted by Crippen LogP contribution is -2.69. The van der Waals surface area contributed by atoms with Crippen LogP contribution in [0.4, 0.5) is 0 Å². The minimum atomic E-state index is -2.14. The summed E-state index contributed by atoms with van der Waals surface area (Å²) in [5.74, 6) is 0. The summed E-state index contributed by atoms with van der Waals surface area (Å²) in [4.78, 5) is 2.67. The third-order valence-corrected chi connectivity index (χ3v) is 3.52. The van der Waals surface area contributed by atoms with Gasteiger partial charge in [0.25, 0.3) is 0 Å². The zero-order chi connectivity index (χ0) is 13.5. The zero-order valence-corrected chi connectivity index (χ0v) is 9.76. The smallest absolute Gasteiger partial charge is 0.161 e. The van der Waals surface area contributed by atoms with Crippen molar-refractivity contribution in [2.75, 3.05) is 7.11 Å². The molecule has 18 heavy (non-hydrogen) atoms. The summed E-state index contributed by atoms with van der Waals surface area (Å²) in [5.41, 5.74) is -2.00. The van der Waals surface area contributed by atoms with E-state index in [1.807, 2.05) is 0 Å². The quantitative estimate of drug-likeness (QED) is 0.354. The molecule has 0 aliphatic heterocycles. The number of aromatic nitrogens is 1. The summed E-state index contributed by atoms with van der Waals surface area (Å²) < 4.78 is 4.88. The number of methoxy groups -OCH3 is 1. The Bertz CT molecular complexity index is 396. The summed E-state index contributed by atoms with van der Waals surface area (Å²) in [6.45, 7) is 0. The predicted octanol–water partition coefficient (Wildman–Crippen LogP) is -2.33. The summed E-state index contributed by atoms with van der Waals surface area (Å²) >= 11 is 0. The third kappa shape index (κ3) is 1.68. The van der Waals surface area contributed by atoms with Crippen LogP contribution in [0.2, 0.25) is 0 Å². The van der Waals surface area contributed by atoms with Gasteiger partial charge in [-0.25, -0.2) is 0 Å². The number of aromatic amines is 1. The average Bonchev–Trinajstić information content (AvgIpc) is 2.89. The molecule has 7 nitrogen and oxygen atoms in total. The van der Waals surface area contributed by atoms with Gasteiger partial charge >= 0.3 is 0 Å². The van der Waals surface area contributed by atoms with Crippen LogP contribution in [0.1, 0.15) is 5.69 Å². The molecule has 1 aliphatic rings. The second-order valence-electron chi connectivity index (χ2n) is 4.48. The highest BCUT2D eigenvalue weighted by atomic mass is 16.5. The van der Waals surface area contributed by atoms with Gasteiger partial charge in [-0.1, -0.05) is 0 Å². The van der Waals surface area contributed by atoms with Crippen LogP contribution in [0.15, 0.2) is 18.3 Å². The van der Waals surface area contributed by atoms with Crippen molar-refractivity contribution in [2.45, 2.75) is 36.1 Å². The first-order valence-electron chi connectivity index (χ1n) is 5.56. The average molecular weight is 259 g/mol. The van der Waals surface area contributed by atoms with Gasteiger partial charge in [-0.15, -0.1) is 0 Å². The normalized spacial score (nSPS) is 45.1. The van der Waals surface area contributed by atoms with Crippen LogP contribution in [0.25, 0.3) is 0 Å². The van der Waals surface area contributed by atoms with Crippen LogP contribution in [-0.4, -0.2) is 68.1 Å². The lowest BCUT2D eigenvalue weighted by molar-refractivity contribution is -0.278. The molecule has 2 rings (SSSR count). The molecular formula is C11H17NO6. The first-order chi connectivity index (χ1) is 8.44. The van der Waals surface area contributed by atoms with Gasteiger partial charge in [0, 0.05) is 13.3 Å². The van der Waals surface area contributed by atoms with E-state index in [9.17, 15) is 25.5 Å². The summed E-state index contributed by atoms with van der Waals surface area (Å²) in [6.07, 6.45) is -6.16. The van der Waals surface area contributed by atoms with Gasteiger partial charge in [0.05, 0.1) is 5.69 Å². The van der Waals surface area contributed by atoms with Gasteiger partial charge in [0.15, 0.2) is 5.60 Å². The number of hydrogen-bond acceptors (Lipinski definition) is 6. The van der Waals surface area contributed by atoms with Gasteiger partial charge in [-0.2, -0.15) is 0 Å². The van der Waals surface area contributed by atoms with Gasteiger partial charge in [0.1, 0.15) is 30.5 Å². The van der Waals surface area contributed by atoms with Gasteiger partial charge in [-0.3, -0.25) is 0 Å². The Morgan fingerprint density at radius 2 is 1.83 bits per heavy atom. The molecule has 0 radical (unpaired) electrons. The number of hydrogen-bond donors (Lipinski definition) is 6. The fourth-order valence-corrected chi connectivity index (χ4v) is 2.42. The minimum Gasteiger partial charge on any atom is -0.387 e. The first-order valence-corrected chi connectivity index (χ1v) is 5.56. The number of nitrogens with one attached hydrogen (secondary N) is 1. The molecule has 1 fully saturated rings. The molecule has 6 N–H and O–H groups in total. The maximum absolute atomic E-state index is 10.5. The maximum atomic E-state index is 10.5. The van der Waals surface area contributed by atoms with Crippen LogP contribution >= 0.6 is 0 Å². The van der Waals surface area contributed by atoms with Crippen molar-refractivity contribution in [3.63, 3.8) is 0 Å². The van der Waals surface area contributed by atoms with Crippen molar-refractivity contribution in [1.82, 2.24) is 4.98 Å². The van der Waals surface area contributed by atoms with Crippen molar-refractivity contribution < 1.29 is 30.3 Å². The van der Waals surface area contributed by atoms with E-state index in [1.54, 1.807) is 6.07 Å². The minimum absolute atomic E-state index is 0.135. The second kappa shape index (κ2) is 4.61. The Hall–Kier alpha value is -0.960. The highest BCUT2D eigenvalue weighted by molar-refractivity contribution is 5.23. The molecule has 102 valence electrons. The topological polar surface area (TPSA) is 126 Å². The van der Waals surface area contributed by atoms with Crippen molar-refractivity contribution in [3.05, 3.63) is 24.0 Å². The van der Waals surface area contributed by atoms with Crippen LogP contribution in [0.5, 0.6) is 0 Å². The molecule has 0 saturated heterocycles. The molecule has 7 heteroatoms. The standard InChI is InChI=1S/C11H17NO6/c1-18-8-6(13)7(14)9(15)11(17,10(8)16)5-3-2-4-12-5/h2-4,6-10,12-17H,1H3/t6-,7+,8-,9-,10+,11+/m1/s1. The zero-order valence-electron chi connectivity index (χ0n) is 9.76. The Morgan fingerprint density at radius 1 is 1.17 bits per heavy atom. The molecule has 0 bridgehead atoms. The molecule has 1 saturated carbocycles. The number of ether oxygens (including phenoxy) is 1. The maximum Gasteiger partial charge on any atom is 0.161 e. The Kier molecular flexibility index (Phi) is 3.45. The van der Waals surface area contributed by atoms with Gasteiger partial charge in [-0.05, 0) is 12.1 Å². The lowest BCUT2D eigenvalue weighted by atomic mass is 9.73. The summed E-state index contributed by atoms with van der Waals surface area (Å²) in [7, 11) is 1.23. The molecule has 0 unspecified atom stereocenters. The highest BCUT2D eigenvalue weighted by Gasteiger charge is 2.59. The Morgan fingerprint density at radius 3 is 2.33 bits per heavy atom. The lowest BCUT2D eigenvalue weighted by Gasteiger charge is -2.48. The van der Waals surface area contributed by atoms with E-state index < -0.39 is 36.1 Å². The fourth-order valence-electron chi connectivity index (χ4n) is 2.42. The van der Waals surface area contributed by atoms with Crippen molar-refractivity contribution in [1.29, 1.82) is 0 Å². The molecule has 1 aromatic rings. The predicted molar refractivity (Wildman–Crippen MR) is 59.5 cm³/mol. The van der Waals surface area contributed by atoms with E-state index >= 15 is 0 Å². The van der Waals surface area contributed by atoms with E-state index in [1.165, 1.54) is 19.4 Å². The van der Waals surface area contributed by atoms with Crippen molar-refractivity contribution >= 4 is 0 Å². The first kappa shape index (κ1) is 13.5. The molecule has 1 aliphatic carbocycles. The van der Waals surface area contributed by atoms with E-state index in [2.05, 4.69) is 4.98 Å². The Balaban J connectivity index is 2.45. The van der Waals surface area contributed by atoms with Gasteiger partial charge < -0.3 is 35.3 Å². The molecule has 1 heterocycles. The van der Waals surface area contributed by atoms with Crippen LogP contribution in [-0.2, 0) is 10.3 Å². The molecule has 6 atom stereocenters. The molecule has 1 aromatic heterocycles. The van der Waals surface area contributed by atoms with E-state index in [0.717, 1.165) is 0 Å². The van der Waals surface area contributed by atoms with Crippen LogP contribution in [0.3, 0.4) is 0 Å². The largest absolute Gasteiger partial charge is 0.387 e. The number of rotatable bonds is 2. The summed E-state index contributed by atoms with van der Waals surface area (Å²) in [6, 6.07) is 3.04. The van der Waals surface area contributed by atoms with Crippen molar-refractivity contribution in [3.8, 4) is 0 Å². The Labute approximate surface area is 103 Å². The number of aliphatic hydroxyl groups is 5. The molecule has 0 spiro atoms. The summed E-state index contributed by atoms with van der Waals surface area (Å²) in [5, 5.41) is 49.9. The van der Waals surface area contributed by atoms with Crippen molar-refractivity contribution in [2.24, 2.45) is 0 Å². The monoisotopic (exact) mass is 259 g/mol. The SMILES string of the molecule is CO[C@@H]1[C@H](O)[C@H](O)[C@@H](O)[C@@](O)(c2ccc[nH]2)[C@H]1O. The second-order valence-corrected chi connectivity index (χ2v) is 4.48. The molecule has 0 amide bonds. The van der Waals surface area contributed by atoms with Crippen LogP contribution < -0.4 is 0 Å².